The van der Waals surface area contributed by atoms with Gasteiger partial charge in [-0.2, -0.15) is 5.10 Å². The van der Waals surface area contributed by atoms with Crippen LogP contribution in [-0.2, 0) is 6.54 Å². The third-order valence-electron chi connectivity index (χ3n) is 5.01. The monoisotopic (exact) mass is 444 g/mol. The van der Waals surface area contributed by atoms with Crippen LogP contribution < -0.4 is 10.7 Å². The second kappa shape index (κ2) is 9.49. The van der Waals surface area contributed by atoms with E-state index >= 15 is 0 Å². The fourth-order valence-corrected chi connectivity index (χ4v) is 3.47. The summed E-state index contributed by atoms with van der Waals surface area (Å²) in [6.07, 6.45) is 3.26. The standard InChI is InChI=1S/C25H21ClN4O2/c1-17(31)30-16-20(23-4-2-3-5-24(23)30)15-28-29-25(32)19-8-12-22(13-9-19)27-14-18-6-10-21(26)11-7-18/h2-13,15-16,27H,14H2,1H3,(H,29,32)/b28-15-. The number of carbonyl (C=O) groups is 2. The van der Waals surface area contributed by atoms with Gasteiger partial charge in [0.2, 0.25) is 5.91 Å². The number of hydrazone groups is 1. The topological polar surface area (TPSA) is 75.5 Å². The van der Waals surface area contributed by atoms with Gasteiger partial charge in [-0.1, -0.05) is 41.9 Å². The van der Waals surface area contributed by atoms with Crippen molar-refractivity contribution in [1.82, 2.24) is 9.99 Å². The maximum atomic E-state index is 12.4. The van der Waals surface area contributed by atoms with Crippen LogP contribution in [0.25, 0.3) is 10.9 Å². The van der Waals surface area contributed by atoms with Crippen LogP contribution in [0.3, 0.4) is 0 Å². The molecule has 6 nitrogen and oxygen atoms in total. The first-order valence-corrected chi connectivity index (χ1v) is 10.4. The van der Waals surface area contributed by atoms with Gasteiger partial charge in [0.05, 0.1) is 11.7 Å². The van der Waals surface area contributed by atoms with Crippen molar-refractivity contribution in [2.75, 3.05) is 5.32 Å². The van der Waals surface area contributed by atoms with Crippen molar-refractivity contribution in [3.63, 3.8) is 0 Å². The molecule has 0 saturated carbocycles. The zero-order valence-corrected chi connectivity index (χ0v) is 18.1. The Morgan fingerprint density at radius 1 is 1.00 bits per heavy atom. The number of halogens is 1. The van der Waals surface area contributed by atoms with E-state index in [1.165, 1.54) is 6.92 Å². The number of anilines is 1. The number of benzene rings is 3. The number of nitrogens with zero attached hydrogens (tertiary/aromatic N) is 2. The number of amides is 1. The van der Waals surface area contributed by atoms with E-state index in [1.54, 1.807) is 29.1 Å². The Kier molecular flexibility index (Phi) is 6.33. The van der Waals surface area contributed by atoms with Gasteiger partial charge < -0.3 is 5.32 Å². The van der Waals surface area contributed by atoms with Crippen LogP contribution in [0.5, 0.6) is 0 Å². The van der Waals surface area contributed by atoms with Crippen LogP contribution in [0.15, 0.2) is 84.1 Å². The minimum atomic E-state index is -0.319. The Balaban J connectivity index is 1.38. The number of fused-ring (bicyclic) bond motifs is 1. The summed E-state index contributed by atoms with van der Waals surface area (Å²) in [5.74, 6) is -0.407. The van der Waals surface area contributed by atoms with E-state index in [9.17, 15) is 9.59 Å². The lowest BCUT2D eigenvalue weighted by Crippen LogP contribution is -2.17. The number of carbonyl (C=O) groups excluding carboxylic acids is 2. The number of rotatable bonds is 6. The summed E-state index contributed by atoms with van der Waals surface area (Å²) in [4.78, 5) is 24.3. The summed E-state index contributed by atoms with van der Waals surface area (Å²) in [6.45, 7) is 2.16. The molecule has 0 fully saturated rings. The van der Waals surface area contributed by atoms with Gasteiger partial charge in [-0.25, -0.2) is 5.43 Å². The first-order valence-electron chi connectivity index (χ1n) is 10.0. The van der Waals surface area contributed by atoms with E-state index in [2.05, 4.69) is 15.8 Å². The smallest absolute Gasteiger partial charge is 0.271 e. The lowest BCUT2D eigenvalue weighted by Gasteiger charge is -2.07. The zero-order valence-electron chi connectivity index (χ0n) is 17.4. The van der Waals surface area contributed by atoms with Crippen LogP contribution in [0.2, 0.25) is 5.02 Å². The van der Waals surface area contributed by atoms with Gasteiger partial charge >= 0.3 is 0 Å². The molecule has 0 aliphatic heterocycles. The minimum absolute atomic E-state index is 0.0883. The molecule has 0 aliphatic carbocycles. The average Bonchev–Trinajstić information content (AvgIpc) is 3.18. The molecule has 0 saturated heterocycles. The zero-order chi connectivity index (χ0) is 22.5. The van der Waals surface area contributed by atoms with E-state index in [1.807, 2.05) is 60.7 Å². The molecule has 2 N–H and O–H groups in total. The van der Waals surface area contributed by atoms with Crippen LogP contribution in [0.4, 0.5) is 5.69 Å². The first-order chi connectivity index (χ1) is 15.5. The second-order valence-corrected chi connectivity index (χ2v) is 7.68. The van der Waals surface area contributed by atoms with Crippen molar-refractivity contribution in [2.24, 2.45) is 5.10 Å². The average molecular weight is 445 g/mol. The van der Waals surface area contributed by atoms with Gasteiger partial charge in [-0.3, -0.25) is 14.2 Å². The van der Waals surface area contributed by atoms with Crippen molar-refractivity contribution >= 4 is 46.2 Å². The number of hydrogen-bond acceptors (Lipinski definition) is 4. The summed E-state index contributed by atoms with van der Waals surface area (Å²) in [5, 5.41) is 8.97. The third-order valence-corrected chi connectivity index (χ3v) is 5.26. The summed E-state index contributed by atoms with van der Waals surface area (Å²) in [7, 11) is 0. The van der Waals surface area contributed by atoms with E-state index in [0.717, 1.165) is 27.7 Å². The van der Waals surface area contributed by atoms with Crippen LogP contribution >= 0.6 is 11.6 Å². The molecule has 4 rings (SSSR count). The minimum Gasteiger partial charge on any atom is -0.381 e. The number of para-hydroxylation sites is 1. The third kappa shape index (κ3) is 4.87. The molecule has 1 amide bonds. The molecule has 0 atom stereocenters. The van der Waals surface area contributed by atoms with Gasteiger partial charge in [-0.05, 0) is 48.0 Å². The van der Waals surface area contributed by atoms with Crippen molar-refractivity contribution in [2.45, 2.75) is 13.5 Å². The molecule has 0 radical (unpaired) electrons. The summed E-state index contributed by atoms with van der Waals surface area (Å²) < 4.78 is 1.56. The summed E-state index contributed by atoms with van der Waals surface area (Å²) >= 11 is 5.90. The van der Waals surface area contributed by atoms with Crippen LogP contribution in [-0.4, -0.2) is 22.6 Å². The van der Waals surface area contributed by atoms with Crippen molar-refractivity contribution < 1.29 is 9.59 Å². The summed E-state index contributed by atoms with van der Waals surface area (Å²) in [5.41, 5.74) is 6.58. The van der Waals surface area contributed by atoms with E-state index in [0.29, 0.717) is 17.1 Å². The SMILES string of the molecule is CC(=O)n1cc(/C=N\NC(=O)c2ccc(NCc3ccc(Cl)cc3)cc2)c2ccccc21. The van der Waals surface area contributed by atoms with E-state index < -0.39 is 0 Å². The predicted molar refractivity (Wildman–Crippen MR) is 129 cm³/mol. The molecule has 1 aromatic heterocycles. The van der Waals surface area contributed by atoms with Gasteiger partial charge in [0.15, 0.2) is 0 Å². The van der Waals surface area contributed by atoms with Crippen LogP contribution in [0, 0.1) is 0 Å². The van der Waals surface area contributed by atoms with E-state index in [4.69, 9.17) is 11.6 Å². The fourth-order valence-electron chi connectivity index (χ4n) is 3.34. The highest BCUT2D eigenvalue weighted by atomic mass is 35.5. The molecular weight excluding hydrogens is 424 g/mol. The molecule has 3 aromatic carbocycles. The Labute approximate surface area is 190 Å². The Bertz CT molecular complexity index is 1290. The predicted octanol–water partition coefficient (Wildman–Crippen LogP) is 5.33. The number of hydrogen-bond donors (Lipinski definition) is 2. The second-order valence-electron chi connectivity index (χ2n) is 7.25. The maximum absolute atomic E-state index is 12.4. The molecular formula is C25H21ClN4O2. The number of nitrogens with one attached hydrogen (secondary N) is 2. The molecule has 32 heavy (non-hydrogen) atoms. The Morgan fingerprint density at radius 2 is 1.72 bits per heavy atom. The normalized spacial score (nSPS) is 11.1. The highest BCUT2D eigenvalue weighted by Crippen LogP contribution is 2.20. The molecule has 0 bridgehead atoms. The summed E-state index contributed by atoms with van der Waals surface area (Å²) in [6, 6.07) is 22.3. The Hall–Kier alpha value is -3.90. The maximum Gasteiger partial charge on any atom is 0.271 e. The highest BCUT2D eigenvalue weighted by molar-refractivity contribution is 6.30. The van der Waals surface area contributed by atoms with E-state index in [-0.39, 0.29) is 11.8 Å². The first kappa shape index (κ1) is 21.3. The number of aromatic nitrogens is 1. The molecule has 0 unspecified atom stereocenters. The van der Waals surface area contributed by atoms with Gasteiger partial charge in [0, 0.05) is 46.9 Å². The van der Waals surface area contributed by atoms with Gasteiger partial charge in [0.1, 0.15) is 0 Å². The molecule has 7 heteroatoms. The largest absolute Gasteiger partial charge is 0.381 e. The molecule has 4 aromatic rings. The van der Waals surface area contributed by atoms with Crippen LogP contribution in [0.1, 0.15) is 33.2 Å². The molecule has 1 heterocycles. The van der Waals surface area contributed by atoms with Crippen molar-refractivity contribution in [3.05, 3.63) is 101 Å². The Morgan fingerprint density at radius 3 is 2.44 bits per heavy atom. The lowest BCUT2D eigenvalue weighted by molar-refractivity contribution is 0.0937. The fraction of sp³-hybridized carbons (Fsp3) is 0.0800. The highest BCUT2D eigenvalue weighted by Gasteiger charge is 2.09. The lowest BCUT2D eigenvalue weighted by atomic mass is 10.2. The van der Waals surface area contributed by atoms with Gasteiger partial charge in [0.25, 0.3) is 5.91 Å². The van der Waals surface area contributed by atoms with Crippen molar-refractivity contribution in [1.29, 1.82) is 0 Å². The molecule has 0 aliphatic rings. The molecule has 0 spiro atoms. The quantitative estimate of drug-likeness (QED) is 0.311. The molecule has 160 valence electrons. The van der Waals surface area contributed by atoms with Gasteiger partial charge in [-0.15, -0.1) is 0 Å². The van der Waals surface area contributed by atoms with Crippen molar-refractivity contribution in [3.8, 4) is 0 Å².